The normalized spacial score (nSPS) is 13.4. The standard InChI is InChI=1S/C17H12N2O7S/c18-14(20)9-27(24,25)11-7-5-10(6-8-11)17(23)26-19-15(21)12-3-1-2-4-13(12)16(19)22/h1-8H,9H2,(H2,18,20). The van der Waals surface area contributed by atoms with Crippen LogP contribution in [0.2, 0.25) is 0 Å². The zero-order chi connectivity index (χ0) is 19.8. The average molecular weight is 388 g/mol. The lowest BCUT2D eigenvalue weighted by atomic mass is 10.1. The third-order valence-electron chi connectivity index (χ3n) is 3.71. The zero-order valence-corrected chi connectivity index (χ0v) is 14.4. The third-order valence-corrected chi connectivity index (χ3v) is 5.37. The Hall–Kier alpha value is -3.53. The van der Waals surface area contributed by atoms with Crippen LogP contribution in [0, 0.1) is 0 Å². The number of imide groups is 1. The number of nitrogens with zero attached hydrogens (tertiary/aromatic N) is 1. The van der Waals surface area contributed by atoms with E-state index in [2.05, 4.69) is 0 Å². The number of primary amides is 1. The first-order chi connectivity index (χ1) is 12.7. The van der Waals surface area contributed by atoms with Gasteiger partial charge >= 0.3 is 5.97 Å². The second-order valence-electron chi connectivity index (χ2n) is 5.58. The summed E-state index contributed by atoms with van der Waals surface area (Å²) in [5.41, 5.74) is 5.02. The van der Waals surface area contributed by atoms with Crippen molar-refractivity contribution in [3.8, 4) is 0 Å². The summed E-state index contributed by atoms with van der Waals surface area (Å²) >= 11 is 0. The lowest BCUT2D eigenvalue weighted by molar-refractivity contribution is -0.115. The van der Waals surface area contributed by atoms with Crippen molar-refractivity contribution in [2.75, 3.05) is 5.75 Å². The molecule has 0 saturated heterocycles. The van der Waals surface area contributed by atoms with Crippen molar-refractivity contribution in [3.63, 3.8) is 0 Å². The summed E-state index contributed by atoms with van der Waals surface area (Å²) in [6.45, 7) is 0. The number of fused-ring (bicyclic) bond motifs is 1. The minimum atomic E-state index is -3.92. The van der Waals surface area contributed by atoms with Crippen LogP contribution in [0.15, 0.2) is 53.4 Å². The molecule has 0 spiro atoms. The number of rotatable bonds is 5. The molecule has 9 nitrogen and oxygen atoms in total. The molecule has 1 heterocycles. The first-order valence-electron chi connectivity index (χ1n) is 7.52. The van der Waals surface area contributed by atoms with Crippen molar-refractivity contribution in [3.05, 3.63) is 65.2 Å². The molecule has 10 heteroatoms. The van der Waals surface area contributed by atoms with Crippen LogP contribution < -0.4 is 5.73 Å². The molecule has 3 rings (SSSR count). The summed E-state index contributed by atoms with van der Waals surface area (Å²) in [6, 6.07) is 10.5. The fraction of sp³-hybridized carbons (Fsp3) is 0.0588. The van der Waals surface area contributed by atoms with Gasteiger partial charge in [-0.3, -0.25) is 14.4 Å². The monoisotopic (exact) mass is 388 g/mol. The summed E-state index contributed by atoms with van der Waals surface area (Å²) in [6.07, 6.45) is 0. The molecule has 0 radical (unpaired) electrons. The largest absolute Gasteiger partial charge is 0.369 e. The van der Waals surface area contributed by atoms with E-state index >= 15 is 0 Å². The van der Waals surface area contributed by atoms with Gasteiger partial charge in [-0.2, -0.15) is 0 Å². The topological polar surface area (TPSA) is 141 Å². The van der Waals surface area contributed by atoms with Gasteiger partial charge in [0.15, 0.2) is 9.84 Å². The molecular weight excluding hydrogens is 376 g/mol. The van der Waals surface area contributed by atoms with Gasteiger partial charge in [0.1, 0.15) is 5.75 Å². The fourth-order valence-corrected chi connectivity index (χ4v) is 3.55. The number of amides is 3. The van der Waals surface area contributed by atoms with Crippen molar-refractivity contribution in [2.24, 2.45) is 5.73 Å². The van der Waals surface area contributed by atoms with Crippen molar-refractivity contribution >= 4 is 33.5 Å². The SMILES string of the molecule is NC(=O)CS(=O)(=O)c1ccc(C(=O)ON2C(=O)c3ccccc3C2=O)cc1. The quantitative estimate of drug-likeness (QED) is 0.727. The molecule has 0 aliphatic carbocycles. The highest BCUT2D eigenvalue weighted by Crippen LogP contribution is 2.23. The van der Waals surface area contributed by atoms with E-state index in [1.807, 2.05) is 0 Å². The molecule has 2 N–H and O–H groups in total. The van der Waals surface area contributed by atoms with Crippen molar-refractivity contribution < 1.29 is 32.4 Å². The van der Waals surface area contributed by atoms with Gasteiger partial charge in [0.25, 0.3) is 11.8 Å². The zero-order valence-electron chi connectivity index (χ0n) is 13.6. The van der Waals surface area contributed by atoms with Gasteiger partial charge in [0.2, 0.25) is 5.91 Å². The molecule has 27 heavy (non-hydrogen) atoms. The van der Waals surface area contributed by atoms with E-state index < -0.39 is 39.3 Å². The number of sulfone groups is 1. The van der Waals surface area contributed by atoms with Crippen LogP contribution in [0.4, 0.5) is 0 Å². The minimum absolute atomic E-state index is 0.0930. The third kappa shape index (κ3) is 3.42. The highest BCUT2D eigenvalue weighted by atomic mass is 32.2. The van der Waals surface area contributed by atoms with E-state index in [4.69, 9.17) is 10.6 Å². The molecule has 0 fully saturated rings. The molecule has 0 unspecified atom stereocenters. The summed E-state index contributed by atoms with van der Waals surface area (Å²) in [4.78, 5) is 52.0. The van der Waals surface area contributed by atoms with Gasteiger partial charge in [-0.1, -0.05) is 17.2 Å². The minimum Gasteiger partial charge on any atom is -0.369 e. The Labute approximate surface area is 153 Å². The van der Waals surface area contributed by atoms with Crippen LogP contribution in [0.3, 0.4) is 0 Å². The summed E-state index contributed by atoms with van der Waals surface area (Å²) in [7, 11) is -3.92. The number of hydroxylamine groups is 2. The van der Waals surface area contributed by atoms with Gasteiger partial charge in [0.05, 0.1) is 21.6 Å². The molecule has 138 valence electrons. The summed E-state index contributed by atoms with van der Waals surface area (Å²) < 4.78 is 23.8. The molecule has 1 aliphatic rings. The Morgan fingerprint density at radius 2 is 1.44 bits per heavy atom. The van der Waals surface area contributed by atoms with E-state index in [0.717, 1.165) is 24.3 Å². The Morgan fingerprint density at radius 3 is 1.93 bits per heavy atom. The van der Waals surface area contributed by atoms with Gasteiger partial charge in [0, 0.05) is 0 Å². The highest BCUT2D eigenvalue weighted by molar-refractivity contribution is 7.92. The molecule has 0 aromatic heterocycles. The number of benzene rings is 2. The van der Waals surface area contributed by atoms with Gasteiger partial charge in [-0.15, -0.1) is 0 Å². The molecule has 2 aromatic carbocycles. The maximum atomic E-state index is 12.2. The molecule has 0 saturated carbocycles. The molecular formula is C17H12N2O7S. The summed E-state index contributed by atoms with van der Waals surface area (Å²) in [5.74, 6) is -4.45. The van der Waals surface area contributed by atoms with Crippen LogP contribution in [0.25, 0.3) is 0 Å². The number of nitrogens with two attached hydrogens (primary N) is 1. The Bertz CT molecular complexity index is 1040. The van der Waals surface area contributed by atoms with Gasteiger partial charge < -0.3 is 10.6 Å². The number of hydrogen-bond acceptors (Lipinski definition) is 7. The van der Waals surface area contributed by atoms with E-state index in [9.17, 15) is 27.6 Å². The number of hydrogen-bond donors (Lipinski definition) is 1. The lowest BCUT2D eigenvalue weighted by Gasteiger charge is -2.12. The fourth-order valence-electron chi connectivity index (χ4n) is 2.45. The van der Waals surface area contributed by atoms with Crippen molar-refractivity contribution in [1.82, 2.24) is 5.06 Å². The molecule has 1 aliphatic heterocycles. The maximum Gasteiger partial charge on any atom is 0.363 e. The number of carbonyl (C=O) groups excluding carboxylic acids is 4. The Morgan fingerprint density at radius 1 is 0.926 bits per heavy atom. The average Bonchev–Trinajstić information content (AvgIpc) is 2.86. The van der Waals surface area contributed by atoms with E-state index in [1.165, 1.54) is 12.1 Å². The highest BCUT2D eigenvalue weighted by Gasteiger charge is 2.38. The molecule has 2 aromatic rings. The Balaban J connectivity index is 1.77. The maximum absolute atomic E-state index is 12.2. The van der Waals surface area contributed by atoms with E-state index in [1.54, 1.807) is 12.1 Å². The van der Waals surface area contributed by atoms with Gasteiger partial charge in [-0.25, -0.2) is 13.2 Å². The van der Waals surface area contributed by atoms with Crippen LogP contribution in [0.5, 0.6) is 0 Å². The van der Waals surface area contributed by atoms with E-state index in [0.29, 0.717) is 5.06 Å². The van der Waals surface area contributed by atoms with Crippen LogP contribution in [0.1, 0.15) is 31.1 Å². The van der Waals surface area contributed by atoms with Crippen molar-refractivity contribution in [1.29, 1.82) is 0 Å². The molecule has 3 amide bonds. The first kappa shape index (κ1) is 18.3. The first-order valence-corrected chi connectivity index (χ1v) is 9.17. The number of carbonyl (C=O) groups is 4. The molecule has 0 bridgehead atoms. The second-order valence-corrected chi connectivity index (χ2v) is 7.57. The van der Waals surface area contributed by atoms with Crippen LogP contribution in [-0.4, -0.2) is 42.9 Å². The van der Waals surface area contributed by atoms with Gasteiger partial charge in [-0.05, 0) is 36.4 Å². The lowest BCUT2D eigenvalue weighted by Crippen LogP contribution is -2.32. The van der Waals surface area contributed by atoms with Crippen molar-refractivity contribution in [2.45, 2.75) is 4.90 Å². The second kappa shape index (κ2) is 6.65. The predicted octanol–water partition coefficient (Wildman–Crippen LogP) is 0.314. The molecule has 0 atom stereocenters. The Kier molecular flexibility index (Phi) is 4.50. The smallest absolute Gasteiger partial charge is 0.363 e. The van der Waals surface area contributed by atoms with Crippen LogP contribution >= 0.6 is 0 Å². The van der Waals surface area contributed by atoms with Crippen LogP contribution in [-0.2, 0) is 19.5 Å². The van der Waals surface area contributed by atoms with E-state index in [-0.39, 0.29) is 21.6 Å². The predicted molar refractivity (Wildman–Crippen MR) is 90.0 cm³/mol. The summed E-state index contributed by atoms with van der Waals surface area (Å²) in [5, 5.41) is 0.352.